The summed E-state index contributed by atoms with van der Waals surface area (Å²) in [7, 11) is 0. The van der Waals surface area contributed by atoms with Crippen molar-refractivity contribution in [2.45, 2.75) is 64.9 Å². The molecule has 7 atom stereocenters. The lowest BCUT2D eigenvalue weighted by molar-refractivity contribution is -0.165. The number of rotatable bonds is 3. The fraction of sp³-hybridized carbons (Fsp3) is 0.457. The highest BCUT2D eigenvalue weighted by atomic mass is 32.1. The average Bonchev–Trinajstić information content (AvgIpc) is 3.65. The predicted molar refractivity (Wildman–Crippen MR) is 167 cm³/mol. The van der Waals surface area contributed by atoms with E-state index in [1.165, 1.54) is 34.6 Å². The minimum Gasteiger partial charge on any atom is -0.379 e. The van der Waals surface area contributed by atoms with Crippen LogP contribution in [0.3, 0.4) is 0 Å². The number of fused-ring (bicyclic) bond motifs is 7. The number of nitrogens with zero attached hydrogens (tertiary/aromatic N) is 3. The number of anilines is 1. The summed E-state index contributed by atoms with van der Waals surface area (Å²) in [6, 6.07) is 14.4. The summed E-state index contributed by atoms with van der Waals surface area (Å²) in [6.45, 7) is 6.96. The quantitative estimate of drug-likeness (QED) is 0.258. The minimum absolute atomic E-state index is 0.00270. The summed E-state index contributed by atoms with van der Waals surface area (Å²) < 4.78 is 16.6. The fourth-order valence-corrected chi connectivity index (χ4v) is 10.9. The first-order chi connectivity index (χ1) is 20.6. The van der Waals surface area contributed by atoms with E-state index in [0.717, 1.165) is 53.7 Å². The highest BCUT2D eigenvalue weighted by molar-refractivity contribution is 7.22. The zero-order valence-electron chi connectivity index (χ0n) is 24.8. The van der Waals surface area contributed by atoms with Gasteiger partial charge < -0.3 is 5.11 Å². The molecule has 2 heterocycles. The number of hydrogen-bond donors (Lipinski definition) is 2. The van der Waals surface area contributed by atoms with Gasteiger partial charge >= 0.3 is 0 Å². The average molecular weight is 597 g/mol. The first kappa shape index (κ1) is 27.2. The van der Waals surface area contributed by atoms with E-state index in [1.807, 2.05) is 35.1 Å². The first-order valence-corrected chi connectivity index (χ1v) is 16.4. The number of carbonyl (C=O) groups excluding carboxylic acids is 1. The smallest absolute Gasteiger partial charge is 0.258 e. The molecule has 6 nitrogen and oxygen atoms in total. The van der Waals surface area contributed by atoms with Crippen molar-refractivity contribution in [3.05, 3.63) is 77.4 Å². The lowest BCUT2D eigenvalue weighted by atomic mass is 9.44. The van der Waals surface area contributed by atoms with Crippen molar-refractivity contribution >= 4 is 38.7 Å². The number of halogens is 1. The summed E-state index contributed by atoms with van der Waals surface area (Å²) in [5.41, 5.74) is 3.61. The molecule has 4 aliphatic rings. The van der Waals surface area contributed by atoms with Crippen LogP contribution in [0.5, 0.6) is 0 Å². The Labute approximate surface area is 255 Å². The van der Waals surface area contributed by atoms with Crippen LogP contribution in [0.25, 0.3) is 22.0 Å². The predicted octanol–water partition coefficient (Wildman–Crippen LogP) is 7.42. The Morgan fingerprint density at radius 2 is 1.93 bits per heavy atom. The van der Waals surface area contributed by atoms with Gasteiger partial charge in [-0.3, -0.25) is 10.1 Å². The molecule has 3 fully saturated rings. The van der Waals surface area contributed by atoms with Crippen molar-refractivity contribution < 1.29 is 14.3 Å². The summed E-state index contributed by atoms with van der Waals surface area (Å²) in [5.74, 6) is 0.965. The van der Waals surface area contributed by atoms with Crippen LogP contribution in [0.15, 0.2) is 60.3 Å². The molecule has 0 radical (unpaired) electrons. The Bertz CT molecular complexity index is 1760. The third-order valence-electron chi connectivity index (χ3n) is 11.8. The molecule has 2 aromatic heterocycles. The van der Waals surface area contributed by atoms with E-state index >= 15 is 0 Å². The standard InChI is InChI=1S/C35H37FN4O2S/c1-20-17-34(3)26(14-15-35(34,42)31(41)39-32-38-27-6-4-5-7-29(27)43-32)25-13-8-22-16-28-21(18-33(22,2)30(20)25)19-37-40(28)24-11-9-23(36)10-12-24/h4-7,9-12,16,19-20,25-26,30,42H,8,13-15,17-18H2,1-3H3,(H,38,39,41). The van der Waals surface area contributed by atoms with Crippen LogP contribution in [0.2, 0.25) is 0 Å². The summed E-state index contributed by atoms with van der Waals surface area (Å²) in [6.07, 6.45) is 9.47. The maximum absolute atomic E-state index is 13.9. The van der Waals surface area contributed by atoms with Crippen LogP contribution in [-0.4, -0.2) is 31.4 Å². The number of allylic oxidation sites excluding steroid dienone is 1. The van der Waals surface area contributed by atoms with Gasteiger partial charge in [0.15, 0.2) is 5.13 Å². The van der Waals surface area contributed by atoms with Gasteiger partial charge in [0.25, 0.3) is 5.91 Å². The Morgan fingerprint density at radius 1 is 1.14 bits per heavy atom. The van der Waals surface area contributed by atoms with Crippen molar-refractivity contribution in [1.82, 2.24) is 14.8 Å². The van der Waals surface area contributed by atoms with E-state index in [1.54, 1.807) is 12.1 Å². The second-order valence-corrected chi connectivity index (χ2v) is 15.0. The molecular formula is C35H37FN4O2S. The van der Waals surface area contributed by atoms with E-state index in [4.69, 9.17) is 5.10 Å². The van der Waals surface area contributed by atoms with Gasteiger partial charge in [-0.2, -0.15) is 5.10 Å². The third-order valence-corrected chi connectivity index (χ3v) is 12.8. The van der Waals surface area contributed by atoms with Crippen molar-refractivity contribution in [2.75, 3.05) is 5.32 Å². The highest BCUT2D eigenvalue weighted by Gasteiger charge is 2.68. The Morgan fingerprint density at radius 3 is 2.72 bits per heavy atom. The van der Waals surface area contributed by atoms with E-state index in [9.17, 15) is 14.3 Å². The van der Waals surface area contributed by atoms with Crippen molar-refractivity contribution in [2.24, 2.45) is 34.5 Å². The van der Waals surface area contributed by atoms with Gasteiger partial charge in [0, 0.05) is 5.41 Å². The molecule has 4 aromatic rings. The molecule has 0 aliphatic heterocycles. The van der Waals surface area contributed by atoms with Gasteiger partial charge in [-0.25, -0.2) is 14.1 Å². The van der Waals surface area contributed by atoms with Crippen LogP contribution in [-0.2, 0) is 11.2 Å². The molecule has 8 heteroatoms. The molecule has 0 spiro atoms. The Kier molecular flexibility index (Phi) is 5.90. The SMILES string of the molecule is CC1CC2(C)C(CCC2(O)C(=O)Nc2nc3ccccc3s2)C2CCC3=Cc4c(cnn4-c4ccc(F)cc4)CC3(C)C12. The molecule has 2 N–H and O–H groups in total. The largest absolute Gasteiger partial charge is 0.379 e. The second-order valence-electron chi connectivity index (χ2n) is 14.0. The summed E-state index contributed by atoms with van der Waals surface area (Å²) in [4.78, 5) is 18.5. The number of hydrogen-bond acceptors (Lipinski definition) is 5. The van der Waals surface area contributed by atoms with Gasteiger partial charge in [0.1, 0.15) is 11.4 Å². The van der Waals surface area contributed by atoms with Crippen LogP contribution in [0.1, 0.15) is 64.1 Å². The first-order valence-electron chi connectivity index (χ1n) is 15.5. The number of amides is 1. The number of nitrogens with one attached hydrogen (secondary N) is 1. The van der Waals surface area contributed by atoms with Gasteiger partial charge in [-0.15, -0.1) is 0 Å². The molecule has 222 valence electrons. The molecule has 0 bridgehead atoms. The lowest BCUT2D eigenvalue weighted by Crippen LogP contribution is -2.60. The fourth-order valence-electron chi connectivity index (χ4n) is 10.1. The number of para-hydroxylation sites is 1. The van der Waals surface area contributed by atoms with Crippen molar-refractivity contribution in [1.29, 1.82) is 0 Å². The van der Waals surface area contributed by atoms with Gasteiger partial charge in [0.05, 0.1) is 27.8 Å². The van der Waals surface area contributed by atoms with E-state index in [0.29, 0.717) is 29.3 Å². The Balaban J connectivity index is 1.08. The molecule has 3 saturated carbocycles. The zero-order chi connectivity index (χ0) is 29.7. The zero-order valence-corrected chi connectivity index (χ0v) is 25.6. The monoisotopic (exact) mass is 596 g/mol. The highest BCUT2D eigenvalue weighted by Crippen LogP contribution is 2.69. The topological polar surface area (TPSA) is 80.0 Å². The number of thiazole rings is 1. The summed E-state index contributed by atoms with van der Waals surface area (Å²) in [5, 5.41) is 20.5. The van der Waals surface area contributed by atoms with Gasteiger partial charge in [0.2, 0.25) is 0 Å². The van der Waals surface area contributed by atoms with E-state index in [-0.39, 0.29) is 23.1 Å². The van der Waals surface area contributed by atoms with Crippen LogP contribution in [0, 0.1) is 40.3 Å². The van der Waals surface area contributed by atoms with E-state index < -0.39 is 11.0 Å². The molecule has 1 amide bonds. The second kappa shape index (κ2) is 9.32. The van der Waals surface area contributed by atoms with Gasteiger partial charge in [-0.1, -0.05) is 49.8 Å². The number of aliphatic hydroxyl groups is 1. The van der Waals surface area contributed by atoms with Gasteiger partial charge in [-0.05, 0) is 116 Å². The normalized spacial score (nSPS) is 34.6. The number of aromatic nitrogens is 3. The number of carbonyl (C=O) groups is 1. The Hall–Kier alpha value is -3.36. The van der Waals surface area contributed by atoms with E-state index in [2.05, 4.69) is 37.1 Å². The molecule has 8 rings (SSSR count). The van der Waals surface area contributed by atoms with Crippen molar-refractivity contribution in [3.8, 4) is 5.69 Å². The molecule has 0 saturated heterocycles. The lowest BCUT2D eigenvalue weighted by Gasteiger charge is -2.61. The molecule has 2 aromatic carbocycles. The molecule has 7 unspecified atom stereocenters. The molecule has 4 aliphatic carbocycles. The third kappa shape index (κ3) is 3.81. The molecule has 43 heavy (non-hydrogen) atoms. The number of benzene rings is 2. The molecular weight excluding hydrogens is 559 g/mol. The maximum atomic E-state index is 13.9. The van der Waals surface area contributed by atoms with Crippen molar-refractivity contribution in [3.63, 3.8) is 0 Å². The van der Waals surface area contributed by atoms with Crippen LogP contribution in [0.4, 0.5) is 9.52 Å². The maximum Gasteiger partial charge on any atom is 0.258 e. The summed E-state index contributed by atoms with van der Waals surface area (Å²) >= 11 is 1.45. The van der Waals surface area contributed by atoms with Crippen LogP contribution < -0.4 is 5.32 Å². The van der Waals surface area contributed by atoms with Crippen LogP contribution >= 0.6 is 11.3 Å². The minimum atomic E-state index is -1.43.